The number of pyridine rings is 1. The molecule has 2 rings (SSSR count). The third-order valence-electron chi connectivity index (χ3n) is 2.47. The fraction of sp³-hybridized carbons (Fsp3) is 0.250. The van der Waals surface area contributed by atoms with Gasteiger partial charge in [-0.2, -0.15) is 0 Å². The zero-order valence-corrected chi connectivity index (χ0v) is 8.76. The van der Waals surface area contributed by atoms with E-state index < -0.39 is 0 Å². The van der Waals surface area contributed by atoms with Gasteiger partial charge in [-0.15, -0.1) is 0 Å². The van der Waals surface area contributed by atoms with E-state index in [0.717, 1.165) is 11.3 Å². The van der Waals surface area contributed by atoms with Gasteiger partial charge in [-0.3, -0.25) is 0 Å². The Kier molecular flexibility index (Phi) is 2.12. The summed E-state index contributed by atoms with van der Waals surface area (Å²) in [5, 5.41) is 4.31. The maximum absolute atomic E-state index is 4.58. The fourth-order valence-corrected chi connectivity index (χ4v) is 1.71. The molecular formula is C12H14N2. The Labute approximate surface area is 84.0 Å². The number of fused-ring (bicyclic) bond motifs is 1. The van der Waals surface area contributed by atoms with Crippen molar-refractivity contribution in [3.8, 4) is 0 Å². The quantitative estimate of drug-likeness (QED) is 0.740. The first kappa shape index (κ1) is 9.00. The van der Waals surface area contributed by atoms with Gasteiger partial charge >= 0.3 is 0 Å². The molecule has 0 aliphatic rings. The molecule has 72 valence electrons. The standard InChI is InChI=1S/C12H14N2/c1-8-5-4-6-10-7-9(2)12(13-3)14-11(8)10/h4-7H,1-3H3,(H,13,14). The number of nitrogens with one attached hydrogen (secondary N) is 1. The van der Waals surface area contributed by atoms with E-state index in [9.17, 15) is 0 Å². The van der Waals surface area contributed by atoms with E-state index in [1.807, 2.05) is 7.05 Å². The Hall–Kier alpha value is -1.57. The van der Waals surface area contributed by atoms with Crippen molar-refractivity contribution in [2.45, 2.75) is 13.8 Å². The van der Waals surface area contributed by atoms with Crippen molar-refractivity contribution < 1.29 is 0 Å². The van der Waals surface area contributed by atoms with E-state index in [1.54, 1.807) is 0 Å². The molecule has 1 aromatic heterocycles. The molecule has 2 aromatic rings. The molecule has 0 bridgehead atoms. The lowest BCUT2D eigenvalue weighted by Gasteiger charge is -2.07. The van der Waals surface area contributed by atoms with Gasteiger partial charge in [0.15, 0.2) is 0 Å². The zero-order valence-electron chi connectivity index (χ0n) is 8.76. The molecule has 1 aromatic carbocycles. The number of para-hydroxylation sites is 1. The van der Waals surface area contributed by atoms with Crippen molar-refractivity contribution in [1.82, 2.24) is 4.98 Å². The van der Waals surface area contributed by atoms with Crippen LogP contribution in [0, 0.1) is 13.8 Å². The first-order chi connectivity index (χ1) is 6.72. The van der Waals surface area contributed by atoms with E-state index in [0.29, 0.717) is 0 Å². The minimum absolute atomic E-state index is 0.965. The molecule has 0 spiro atoms. The number of aryl methyl sites for hydroxylation is 2. The van der Waals surface area contributed by atoms with Crippen molar-refractivity contribution >= 4 is 16.7 Å². The molecule has 0 saturated carbocycles. The zero-order chi connectivity index (χ0) is 10.1. The van der Waals surface area contributed by atoms with Gasteiger partial charge in [0.25, 0.3) is 0 Å². The van der Waals surface area contributed by atoms with Crippen LogP contribution in [0.5, 0.6) is 0 Å². The Bertz CT molecular complexity index is 475. The smallest absolute Gasteiger partial charge is 0.129 e. The molecule has 14 heavy (non-hydrogen) atoms. The molecule has 2 heteroatoms. The third kappa shape index (κ3) is 1.33. The van der Waals surface area contributed by atoms with Gasteiger partial charge in [0, 0.05) is 12.4 Å². The molecule has 0 unspecified atom stereocenters. The van der Waals surface area contributed by atoms with Gasteiger partial charge in [0.05, 0.1) is 5.52 Å². The number of rotatable bonds is 1. The highest BCUT2D eigenvalue weighted by Gasteiger charge is 2.02. The molecular weight excluding hydrogens is 172 g/mol. The van der Waals surface area contributed by atoms with Gasteiger partial charge in [-0.1, -0.05) is 18.2 Å². The summed E-state index contributed by atoms with van der Waals surface area (Å²) < 4.78 is 0. The molecule has 1 N–H and O–H groups in total. The molecule has 2 nitrogen and oxygen atoms in total. The van der Waals surface area contributed by atoms with Crippen molar-refractivity contribution in [3.05, 3.63) is 35.4 Å². The Balaban J connectivity index is 2.80. The van der Waals surface area contributed by atoms with Gasteiger partial charge in [0.2, 0.25) is 0 Å². The molecule has 0 fully saturated rings. The van der Waals surface area contributed by atoms with Crippen LogP contribution in [-0.4, -0.2) is 12.0 Å². The topological polar surface area (TPSA) is 24.9 Å². The highest BCUT2D eigenvalue weighted by molar-refractivity contribution is 5.84. The number of aromatic nitrogens is 1. The van der Waals surface area contributed by atoms with E-state index in [2.05, 4.69) is 48.4 Å². The van der Waals surface area contributed by atoms with E-state index >= 15 is 0 Å². The minimum atomic E-state index is 0.965. The van der Waals surface area contributed by atoms with Crippen LogP contribution in [-0.2, 0) is 0 Å². The lowest BCUT2D eigenvalue weighted by Crippen LogP contribution is -1.96. The van der Waals surface area contributed by atoms with Crippen LogP contribution in [0.2, 0.25) is 0 Å². The van der Waals surface area contributed by atoms with E-state index in [-0.39, 0.29) is 0 Å². The predicted molar refractivity (Wildman–Crippen MR) is 60.8 cm³/mol. The number of hydrogen-bond donors (Lipinski definition) is 1. The van der Waals surface area contributed by atoms with Crippen LogP contribution in [0.25, 0.3) is 10.9 Å². The van der Waals surface area contributed by atoms with Crippen molar-refractivity contribution in [1.29, 1.82) is 0 Å². The summed E-state index contributed by atoms with van der Waals surface area (Å²) in [6, 6.07) is 8.42. The van der Waals surface area contributed by atoms with Crippen LogP contribution in [0.15, 0.2) is 24.3 Å². The van der Waals surface area contributed by atoms with Crippen LogP contribution in [0.1, 0.15) is 11.1 Å². The monoisotopic (exact) mass is 186 g/mol. The number of hydrogen-bond acceptors (Lipinski definition) is 2. The van der Waals surface area contributed by atoms with E-state index in [4.69, 9.17) is 0 Å². The molecule has 0 aliphatic carbocycles. The summed E-state index contributed by atoms with van der Waals surface area (Å²) in [7, 11) is 1.90. The Morgan fingerprint density at radius 3 is 2.64 bits per heavy atom. The van der Waals surface area contributed by atoms with Gasteiger partial charge in [-0.05, 0) is 31.0 Å². The lowest BCUT2D eigenvalue weighted by molar-refractivity contribution is 1.27. The maximum Gasteiger partial charge on any atom is 0.129 e. The normalized spacial score (nSPS) is 10.5. The van der Waals surface area contributed by atoms with Gasteiger partial charge in [0.1, 0.15) is 5.82 Å². The molecule has 0 aliphatic heterocycles. The average molecular weight is 186 g/mol. The lowest BCUT2D eigenvalue weighted by atomic mass is 10.1. The molecule has 0 radical (unpaired) electrons. The second-order valence-electron chi connectivity index (χ2n) is 3.55. The highest BCUT2D eigenvalue weighted by atomic mass is 15.0. The number of nitrogens with zero attached hydrogens (tertiary/aromatic N) is 1. The fourth-order valence-electron chi connectivity index (χ4n) is 1.71. The summed E-state index contributed by atoms with van der Waals surface area (Å²) in [6.07, 6.45) is 0. The SMILES string of the molecule is CNc1nc2c(C)cccc2cc1C. The summed E-state index contributed by atoms with van der Waals surface area (Å²) in [5.41, 5.74) is 3.49. The van der Waals surface area contributed by atoms with Crippen molar-refractivity contribution in [2.24, 2.45) is 0 Å². The van der Waals surface area contributed by atoms with Gasteiger partial charge < -0.3 is 5.32 Å². The largest absolute Gasteiger partial charge is 0.373 e. The number of anilines is 1. The average Bonchev–Trinajstić information content (AvgIpc) is 2.17. The summed E-state index contributed by atoms with van der Waals surface area (Å²) in [6.45, 7) is 4.16. The maximum atomic E-state index is 4.58. The Morgan fingerprint density at radius 1 is 1.14 bits per heavy atom. The summed E-state index contributed by atoms with van der Waals surface area (Å²) >= 11 is 0. The van der Waals surface area contributed by atoms with Crippen LogP contribution in [0.4, 0.5) is 5.82 Å². The first-order valence-corrected chi connectivity index (χ1v) is 4.77. The third-order valence-corrected chi connectivity index (χ3v) is 2.47. The van der Waals surface area contributed by atoms with Gasteiger partial charge in [-0.25, -0.2) is 4.98 Å². The van der Waals surface area contributed by atoms with Crippen molar-refractivity contribution in [3.63, 3.8) is 0 Å². The Morgan fingerprint density at radius 2 is 1.93 bits per heavy atom. The van der Waals surface area contributed by atoms with Crippen LogP contribution >= 0.6 is 0 Å². The molecule has 1 heterocycles. The predicted octanol–water partition coefficient (Wildman–Crippen LogP) is 2.89. The molecule has 0 saturated heterocycles. The minimum Gasteiger partial charge on any atom is -0.373 e. The second kappa shape index (κ2) is 3.29. The molecule has 0 amide bonds. The van der Waals surface area contributed by atoms with Crippen molar-refractivity contribution in [2.75, 3.05) is 12.4 Å². The van der Waals surface area contributed by atoms with Crippen LogP contribution < -0.4 is 5.32 Å². The number of benzene rings is 1. The summed E-state index contributed by atoms with van der Waals surface area (Å²) in [4.78, 5) is 4.58. The van der Waals surface area contributed by atoms with E-state index in [1.165, 1.54) is 16.5 Å². The van der Waals surface area contributed by atoms with Crippen LogP contribution in [0.3, 0.4) is 0 Å². The second-order valence-corrected chi connectivity index (χ2v) is 3.55. The highest BCUT2D eigenvalue weighted by Crippen LogP contribution is 2.21. The summed E-state index contributed by atoms with van der Waals surface area (Å²) in [5.74, 6) is 0.965. The first-order valence-electron chi connectivity index (χ1n) is 4.77. The molecule has 0 atom stereocenters.